The van der Waals surface area contributed by atoms with E-state index < -0.39 is 11.0 Å². The van der Waals surface area contributed by atoms with Crippen LogP contribution in [0.1, 0.15) is 0 Å². The lowest BCUT2D eigenvalue weighted by Crippen LogP contribution is -1.75. The fourth-order valence-corrected chi connectivity index (χ4v) is 0.172. The van der Waals surface area contributed by atoms with Crippen LogP contribution in [0.25, 0.3) is 0 Å². The van der Waals surface area contributed by atoms with Crippen molar-refractivity contribution in [1.82, 2.24) is 0 Å². The minimum absolute atomic E-state index is 1.30. The third-order valence-electron chi connectivity index (χ3n) is 0.169. The van der Waals surface area contributed by atoms with E-state index >= 15 is 0 Å². The van der Waals surface area contributed by atoms with Crippen LogP contribution in [0.2, 0.25) is 0 Å². The fourth-order valence-electron chi connectivity index (χ4n) is 0.0575. The molecular formula is C2H3N2OS-. The molecule has 6 heavy (non-hydrogen) atoms. The molecule has 0 aromatic carbocycles. The maximum atomic E-state index is 9.77. The van der Waals surface area contributed by atoms with Crippen LogP contribution in [-0.2, 0) is 11.0 Å². The maximum absolute atomic E-state index is 9.77. The van der Waals surface area contributed by atoms with Gasteiger partial charge in [0, 0.05) is 0 Å². The topological polar surface area (TPSA) is 59.2 Å². The van der Waals surface area contributed by atoms with Crippen LogP contribution in [0.4, 0.5) is 0 Å². The van der Waals surface area contributed by atoms with Gasteiger partial charge in [-0.2, -0.15) is 20.6 Å². The third kappa shape index (κ3) is 3.60. The molecule has 0 aliphatic heterocycles. The van der Waals surface area contributed by atoms with Crippen LogP contribution in [-0.4, -0.2) is 10.8 Å². The van der Waals surface area contributed by atoms with Gasteiger partial charge in [-0.3, -0.25) is 0 Å². The highest BCUT2D eigenvalue weighted by atomic mass is 32.2. The van der Waals surface area contributed by atoms with Crippen molar-refractivity contribution in [1.29, 1.82) is 5.26 Å². The monoisotopic (exact) mass is 103 g/mol. The van der Waals surface area contributed by atoms with Gasteiger partial charge in [0.1, 0.15) is 0 Å². The minimum atomic E-state index is -1.30. The molecule has 0 saturated carbocycles. The summed E-state index contributed by atoms with van der Waals surface area (Å²) in [6, 6.07) is 0. The first-order valence-corrected chi connectivity index (χ1v) is 2.72. The molecule has 0 aromatic rings. The molecule has 0 aliphatic rings. The second-order valence-electron chi connectivity index (χ2n) is 0.615. The molecular weight excluding hydrogens is 100 g/mol. The first-order chi connectivity index (χ1) is 2.77. The molecule has 4 heteroatoms. The Morgan fingerprint density at radius 3 is 2.50 bits per heavy atom. The quantitative estimate of drug-likeness (QED) is 0.406. The SMILES string of the molecule is CS([O-])=NC#N. The average Bonchev–Trinajstić information content (AvgIpc) is 1.35. The molecule has 0 bridgehead atoms. The lowest BCUT2D eigenvalue weighted by molar-refractivity contribution is 0.610. The fraction of sp³-hybridized carbons (Fsp3) is 0.500. The zero-order valence-electron chi connectivity index (χ0n) is 3.21. The van der Waals surface area contributed by atoms with Crippen molar-refractivity contribution >= 4 is 11.0 Å². The Bertz CT molecular complexity index is 98.6. The molecule has 0 aliphatic carbocycles. The van der Waals surface area contributed by atoms with E-state index in [1.807, 2.05) is 0 Å². The molecule has 1 atom stereocenters. The Morgan fingerprint density at radius 2 is 2.50 bits per heavy atom. The van der Waals surface area contributed by atoms with E-state index in [0.29, 0.717) is 0 Å². The van der Waals surface area contributed by atoms with Crippen molar-refractivity contribution in [2.24, 2.45) is 4.36 Å². The Labute approximate surface area is 38.5 Å². The van der Waals surface area contributed by atoms with Crippen molar-refractivity contribution in [3.8, 4) is 6.19 Å². The Hall–Kier alpha value is -0.400. The second kappa shape index (κ2) is 2.82. The minimum Gasteiger partial charge on any atom is -0.788 e. The molecule has 0 amide bonds. The number of hydrogen-bond acceptors (Lipinski definition) is 3. The summed E-state index contributed by atoms with van der Waals surface area (Å²) < 4.78 is 12.7. The lowest BCUT2D eigenvalue weighted by atomic mass is 11.5. The van der Waals surface area contributed by atoms with Crippen LogP contribution in [0.15, 0.2) is 4.36 Å². The van der Waals surface area contributed by atoms with E-state index in [4.69, 9.17) is 5.26 Å². The van der Waals surface area contributed by atoms with Gasteiger partial charge in [0.2, 0.25) is 6.19 Å². The molecule has 0 radical (unpaired) electrons. The van der Waals surface area contributed by atoms with Gasteiger partial charge in [-0.05, 0) is 6.26 Å². The zero-order valence-corrected chi connectivity index (χ0v) is 4.03. The van der Waals surface area contributed by atoms with Crippen molar-refractivity contribution in [3.63, 3.8) is 0 Å². The molecule has 0 N–H and O–H groups in total. The number of rotatable bonds is 0. The van der Waals surface area contributed by atoms with Crippen molar-refractivity contribution in [2.75, 3.05) is 6.26 Å². The highest BCUT2D eigenvalue weighted by molar-refractivity contribution is 7.80. The summed E-state index contributed by atoms with van der Waals surface area (Å²) in [4.78, 5) is 0. The number of nitrogens with zero attached hydrogens (tertiary/aromatic N) is 2. The summed E-state index contributed by atoms with van der Waals surface area (Å²) in [5.74, 6) is 0. The summed E-state index contributed by atoms with van der Waals surface area (Å²) in [5.41, 5.74) is 0. The van der Waals surface area contributed by atoms with Crippen molar-refractivity contribution < 1.29 is 4.55 Å². The molecule has 0 heterocycles. The average molecular weight is 103 g/mol. The zero-order chi connectivity index (χ0) is 4.99. The van der Waals surface area contributed by atoms with Gasteiger partial charge in [-0.15, -0.1) is 0 Å². The third-order valence-corrected chi connectivity index (χ3v) is 0.508. The van der Waals surface area contributed by atoms with Crippen LogP contribution in [0.3, 0.4) is 0 Å². The van der Waals surface area contributed by atoms with E-state index in [1.165, 1.54) is 12.4 Å². The highest BCUT2D eigenvalue weighted by Crippen LogP contribution is 1.67. The van der Waals surface area contributed by atoms with Crippen LogP contribution in [0.5, 0.6) is 0 Å². The normalized spacial score (nSPS) is 13.5. The Morgan fingerprint density at radius 1 is 2.00 bits per heavy atom. The largest absolute Gasteiger partial charge is 0.788 e. The summed E-state index contributed by atoms with van der Waals surface area (Å²) in [6.07, 6.45) is 2.73. The predicted octanol–water partition coefficient (Wildman–Crippen LogP) is 0.0296. The molecule has 0 saturated heterocycles. The lowest BCUT2D eigenvalue weighted by Gasteiger charge is -1.94. The van der Waals surface area contributed by atoms with Gasteiger partial charge in [0.05, 0.1) is 0 Å². The molecule has 0 rings (SSSR count). The summed E-state index contributed by atoms with van der Waals surface area (Å²) >= 11 is 0. The predicted molar refractivity (Wildman–Crippen MR) is 22.1 cm³/mol. The summed E-state index contributed by atoms with van der Waals surface area (Å²) in [5, 5.41) is 7.63. The Kier molecular flexibility index (Phi) is 2.63. The van der Waals surface area contributed by atoms with Gasteiger partial charge >= 0.3 is 0 Å². The molecule has 34 valence electrons. The van der Waals surface area contributed by atoms with E-state index in [-0.39, 0.29) is 0 Å². The second-order valence-corrected chi connectivity index (χ2v) is 1.65. The molecule has 0 fully saturated rings. The first-order valence-electron chi connectivity index (χ1n) is 1.20. The van der Waals surface area contributed by atoms with Crippen LogP contribution in [0, 0.1) is 11.5 Å². The van der Waals surface area contributed by atoms with E-state index in [9.17, 15) is 4.55 Å². The number of hydrogen-bond donors (Lipinski definition) is 0. The smallest absolute Gasteiger partial charge is 0.211 e. The Balaban J connectivity index is 3.51. The van der Waals surface area contributed by atoms with E-state index in [2.05, 4.69) is 4.36 Å². The van der Waals surface area contributed by atoms with Gasteiger partial charge < -0.3 is 4.55 Å². The molecule has 0 aromatic heterocycles. The van der Waals surface area contributed by atoms with E-state index in [1.54, 1.807) is 0 Å². The first kappa shape index (κ1) is 5.60. The molecule has 0 spiro atoms. The standard InChI is InChI=1S/C2H3N2OS/c1-6(5)4-2-3/h1H3/q-1. The van der Waals surface area contributed by atoms with Gasteiger partial charge in [0.25, 0.3) is 0 Å². The van der Waals surface area contributed by atoms with Crippen LogP contribution >= 0.6 is 0 Å². The van der Waals surface area contributed by atoms with Gasteiger partial charge in [-0.25, -0.2) is 0 Å². The number of nitriles is 1. The van der Waals surface area contributed by atoms with Crippen molar-refractivity contribution in [3.05, 3.63) is 0 Å². The summed E-state index contributed by atoms with van der Waals surface area (Å²) in [6.45, 7) is 0. The molecule has 1 unspecified atom stereocenters. The van der Waals surface area contributed by atoms with E-state index in [0.717, 1.165) is 0 Å². The molecule has 3 nitrogen and oxygen atoms in total. The van der Waals surface area contributed by atoms with Gasteiger partial charge in [-0.1, -0.05) is 0 Å². The van der Waals surface area contributed by atoms with Crippen LogP contribution < -0.4 is 0 Å². The van der Waals surface area contributed by atoms with Gasteiger partial charge in [0.15, 0.2) is 0 Å². The summed E-state index contributed by atoms with van der Waals surface area (Å²) in [7, 11) is -1.30. The highest BCUT2D eigenvalue weighted by Gasteiger charge is 1.53. The van der Waals surface area contributed by atoms with Crippen molar-refractivity contribution in [2.45, 2.75) is 0 Å². The maximum Gasteiger partial charge on any atom is 0.211 e.